The number of ether oxygens (including phenoxy) is 2. The van der Waals surface area contributed by atoms with Crippen LogP contribution in [0.25, 0.3) is 0 Å². The van der Waals surface area contributed by atoms with Crippen molar-refractivity contribution < 1.29 is 9.47 Å². The van der Waals surface area contributed by atoms with E-state index in [1.807, 2.05) is 25.5 Å². The predicted molar refractivity (Wildman–Crippen MR) is 138 cm³/mol. The standard InChI is InChI=1S/C24H35N5O2.HI/c1-25-24(27-17-23-26-12-15-29(23)18-20-7-3-2-4-8-20)28-13-10-21(11-14-28)31-19-22-9-5-6-16-30-22;/h2-4,7-8,12,15,21-22H,5-6,9-11,13-14,16-19H2,1H3,(H,25,27);1H. The normalized spacial score (nSPS) is 20.1. The van der Waals surface area contributed by atoms with E-state index in [-0.39, 0.29) is 24.0 Å². The van der Waals surface area contributed by atoms with Crippen LogP contribution in [-0.2, 0) is 22.6 Å². The van der Waals surface area contributed by atoms with Gasteiger partial charge in [-0.15, -0.1) is 24.0 Å². The van der Waals surface area contributed by atoms with Gasteiger partial charge in [0.05, 0.1) is 25.4 Å². The fraction of sp³-hybridized carbons (Fsp3) is 0.583. The highest BCUT2D eigenvalue weighted by atomic mass is 127. The zero-order chi connectivity index (χ0) is 21.3. The van der Waals surface area contributed by atoms with Crippen molar-refractivity contribution in [1.29, 1.82) is 0 Å². The van der Waals surface area contributed by atoms with Crippen LogP contribution in [0, 0.1) is 0 Å². The van der Waals surface area contributed by atoms with Gasteiger partial charge in [0.2, 0.25) is 0 Å². The minimum Gasteiger partial charge on any atom is -0.376 e. The van der Waals surface area contributed by atoms with Gasteiger partial charge in [-0.3, -0.25) is 4.99 Å². The Morgan fingerprint density at radius 3 is 2.72 bits per heavy atom. The number of aliphatic imine (C=N–C) groups is 1. The Hall–Kier alpha value is -1.65. The first-order valence-electron chi connectivity index (χ1n) is 11.5. The fourth-order valence-electron chi connectivity index (χ4n) is 4.34. The molecule has 4 rings (SSSR count). The molecule has 2 aromatic rings. The lowest BCUT2D eigenvalue weighted by molar-refractivity contribution is -0.0721. The monoisotopic (exact) mass is 553 g/mol. The number of likely N-dealkylation sites (tertiary alicyclic amines) is 1. The van der Waals surface area contributed by atoms with Crippen molar-refractivity contribution in [3.63, 3.8) is 0 Å². The molecule has 0 aliphatic carbocycles. The zero-order valence-electron chi connectivity index (χ0n) is 19.0. The van der Waals surface area contributed by atoms with E-state index in [1.165, 1.54) is 18.4 Å². The lowest BCUT2D eigenvalue weighted by Crippen LogP contribution is -2.47. The number of benzene rings is 1. The number of nitrogens with zero attached hydrogens (tertiary/aromatic N) is 4. The number of rotatable bonds is 7. The molecule has 2 aliphatic heterocycles. The maximum absolute atomic E-state index is 6.15. The Balaban J connectivity index is 0.00000289. The molecule has 0 bridgehead atoms. The molecule has 2 fully saturated rings. The van der Waals surface area contributed by atoms with Crippen LogP contribution in [0.5, 0.6) is 0 Å². The van der Waals surface area contributed by atoms with Crippen LogP contribution in [0.2, 0.25) is 0 Å². The van der Waals surface area contributed by atoms with E-state index in [0.717, 1.165) is 63.9 Å². The van der Waals surface area contributed by atoms with Crippen molar-refractivity contribution in [2.75, 3.05) is 33.4 Å². The van der Waals surface area contributed by atoms with Crippen molar-refractivity contribution in [1.82, 2.24) is 19.8 Å². The van der Waals surface area contributed by atoms with Crippen LogP contribution in [-0.4, -0.2) is 66.0 Å². The van der Waals surface area contributed by atoms with Crippen LogP contribution >= 0.6 is 24.0 Å². The lowest BCUT2D eigenvalue weighted by Gasteiger charge is -2.35. The van der Waals surface area contributed by atoms with Crippen molar-refractivity contribution in [2.45, 2.75) is 57.4 Å². The molecule has 1 aromatic heterocycles. The minimum absolute atomic E-state index is 0. The van der Waals surface area contributed by atoms with Gasteiger partial charge in [0.25, 0.3) is 0 Å². The smallest absolute Gasteiger partial charge is 0.194 e. The van der Waals surface area contributed by atoms with Crippen molar-refractivity contribution in [3.05, 3.63) is 54.1 Å². The molecule has 32 heavy (non-hydrogen) atoms. The highest BCUT2D eigenvalue weighted by molar-refractivity contribution is 14.0. The van der Waals surface area contributed by atoms with Gasteiger partial charge in [0.15, 0.2) is 5.96 Å². The van der Waals surface area contributed by atoms with Crippen LogP contribution in [0.1, 0.15) is 43.5 Å². The molecule has 0 amide bonds. The summed E-state index contributed by atoms with van der Waals surface area (Å²) in [6, 6.07) is 10.5. The number of piperidine rings is 1. The second-order valence-corrected chi connectivity index (χ2v) is 8.37. The highest BCUT2D eigenvalue weighted by Crippen LogP contribution is 2.18. The number of hydrogen-bond acceptors (Lipinski definition) is 4. The fourth-order valence-corrected chi connectivity index (χ4v) is 4.34. The molecule has 3 heterocycles. The summed E-state index contributed by atoms with van der Waals surface area (Å²) in [5.74, 6) is 1.94. The third-order valence-electron chi connectivity index (χ3n) is 6.15. The van der Waals surface area contributed by atoms with Gasteiger partial charge >= 0.3 is 0 Å². The predicted octanol–water partition coefficient (Wildman–Crippen LogP) is 3.67. The van der Waals surface area contributed by atoms with Crippen LogP contribution in [0.15, 0.2) is 47.7 Å². The molecule has 1 N–H and O–H groups in total. The molecular weight excluding hydrogens is 517 g/mol. The molecule has 1 aromatic carbocycles. The third-order valence-corrected chi connectivity index (χ3v) is 6.15. The van der Waals surface area contributed by atoms with E-state index in [2.05, 4.69) is 49.0 Å². The second kappa shape index (κ2) is 13.2. The summed E-state index contributed by atoms with van der Waals surface area (Å²) in [6.45, 7) is 5.01. The Morgan fingerprint density at radius 2 is 2.00 bits per heavy atom. The summed E-state index contributed by atoms with van der Waals surface area (Å²) in [6.07, 6.45) is 10.1. The molecule has 2 saturated heterocycles. The van der Waals surface area contributed by atoms with Crippen LogP contribution < -0.4 is 5.32 Å². The summed E-state index contributed by atoms with van der Waals surface area (Å²) in [7, 11) is 1.85. The number of imidazole rings is 1. The number of hydrogen-bond donors (Lipinski definition) is 1. The number of aromatic nitrogens is 2. The van der Waals surface area contributed by atoms with Crippen LogP contribution in [0.3, 0.4) is 0 Å². The molecule has 7 nitrogen and oxygen atoms in total. The minimum atomic E-state index is 0. The number of halogens is 1. The van der Waals surface area contributed by atoms with E-state index < -0.39 is 0 Å². The van der Waals surface area contributed by atoms with E-state index in [9.17, 15) is 0 Å². The Bertz CT molecular complexity index is 815. The molecule has 0 radical (unpaired) electrons. The maximum Gasteiger partial charge on any atom is 0.194 e. The molecule has 8 heteroatoms. The third kappa shape index (κ3) is 7.18. The van der Waals surface area contributed by atoms with Gasteiger partial charge < -0.3 is 24.3 Å². The first-order chi connectivity index (χ1) is 15.3. The average Bonchev–Trinajstić information content (AvgIpc) is 3.27. The van der Waals surface area contributed by atoms with Gasteiger partial charge in [-0.1, -0.05) is 30.3 Å². The number of guanidine groups is 1. The Labute approximate surface area is 208 Å². The van der Waals surface area contributed by atoms with Gasteiger partial charge in [0.1, 0.15) is 5.82 Å². The van der Waals surface area contributed by atoms with E-state index in [4.69, 9.17) is 9.47 Å². The van der Waals surface area contributed by atoms with Gasteiger partial charge in [-0.25, -0.2) is 4.98 Å². The summed E-state index contributed by atoms with van der Waals surface area (Å²) < 4.78 is 14.1. The Morgan fingerprint density at radius 1 is 1.19 bits per heavy atom. The highest BCUT2D eigenvalue weighted by Gasteiger charge is 2.24. The molecule has 0 saturated carbocycles. The van der Waals surface area contributed by atoms with E-state index in [1.54, 1.807) is 0 Å². The summed E-state index contributed by atoms with van der Waals surface area (Å²) in [5, 5.41) is 3.50. The van der Waals surface area contributed by atoms with E-state index >= 15 is 0 Å². The first-order valence-corrected chi connectivity index (χ1v) is 11.5. The molecule has 1 atom stereocenters. The molecule has 176 valence electrons. The molecule has 0 spiro atoms. The van der Waals surface area contributed by atoms with Crippen LogP contribution in [0.4, 0.5) is 0 Å². The largest absolute Gasteiger partial charge is 0.376 e. The van der Waals surface area contributed by atoms with Crippen molar-refractivity contribution in [2.24, 2.45) is 4.99 Å². The molecule has 1 unspecified atom stereocenters. The zero-order valence-corrected chi connectivity index (χ0v) is 21.3. The van der Waals surface area contributed by atoms with E-state index in [0.29, 0.717) is 18.8 Å². The average molecular weight is 553 g/mol. The SMILES string of the molecule is CN=C(NCc1nccn1Cc1ccccc1)N1CCC(OCC2CCCCO2)CC1.I. The topological polar surface area (TPSA) is 63.9 Å². The molecular formula is C24H36IN5O2. The Kier molecular flexibility index (Phi) is 10.3. The van der Waals surface area contributed by atoms with Gasteiger partial charge in [0, 0.05) is 45.7 Å². The first kappa shape index (κ1) is 25.0. The number of nitrogens with one attached hydrogen (secondary N) is 1. The van der Waals surface area contributed by atoms with Gasteiger partial charge in [-0.05, 0) is 37.7 Å². The summed E-state index contributed by atoms with van der Waals surface area (Å²) >= 11 is 0. The summed E-state index contributed by atoms with van der Waals surface area (Å²) in [5.41, 5.74) is 1.27. The lowest BCUT2D eigenvalue weighted by atomic mass is 10.1. The van der Waals surface area contributed by atoms with Gasteiger partial charge in [-0.2, -0.15) is 0 Å². The van der Waals surface area contributed by atoms with Crippen molar-refractivity contribution >= 4 is 29.9 Å². The maximum atomic E-state index is 6.15. The van der Waals surface area contributed by atoms with Crippen molar-refractivity contribution in [3.8, 4) is 0 Å². The molecule has 2 aliphatic rings. The quantitative estimate of drug-likeness (QED) is 0.322. The second-order valence-electron chi connectivity index (χ2n) is 8.37. The summed E-state index contributed by atoms with van der Waals surface area (Å²) in [4.78, 5) is 11.4.